The number of nitriles is 2. The fourth-order valence-electron chi connectivity index (χ4n) is 0.650. The summed E-state index contributed by atoms with van der Waals surface area (Å²) in [5, 5.41) is 17.2. The molecule has 0 atom stereocenters. The molecule has 0 aliphatic heterocycles. The summed E-state index contributed by atoms with van der Waals surface area (Å²) in [5.74, 6) is 0.459. The molecule has 0 bridgehead atoms. The van der Waals surface area contributed by atoms with Crippen LogP contribution >= 0.6 is 0 Å². The number of hydroxylamine groups is 2. The number of hydrogen-bond acceptors (Lipinski definition) is 4. The van der Waals surface area contributed by atoms with Gasteiger partial charge in [-0.2, -0.15) is 10.5 Å². The molecule has 12 heavy (non-hydrogen) atoms. The smallest absolute Gasteiger partial charge is 0.231 e. The van der Waals surface area contributed by atoms with Crippen LogP contribution in [0.25, 0.3) is 0 Å². The third kappa shape index (κ3) is 1.89. The molecule has 0 aliphatic rings. The zero-order valence-corrected chi connectivity index (χ0v) is 6.14. The van der Waals surface area contributed by atoms with Crippen molar-refractivity contribution in [3.8, 4) is 18.1 Å². The van der Waals surface area contributed by atoms with Crippen LogP contribution in [0.2, 0.25) is 0 Å². The lowest BCUT2D eigenvalue weighted by Crippen LogP contribution is -2.14. The van der Waals surface area contributed by atoms with Crippen LogP contribution < -0.4 is 4.84 Å². The maximum Gasteiger partial charge on any atom is 0.231 e. The van der Waals surface area contributed by atoms with Crippen LogP contribution in [0.3, 0.4) is 0 Å². The van der Waals surface area contributed by atoms with Crippen molar-refractivity contribution in [3.05, 3.63) is 30.3 Å². The Morgan fingerprint density at radius 3 is 2.17 bits per heavy atom. The molecule has 0 saturated heterocycles. The molecule has 1 rings (SSSR count). The fraction of sp³-hybridized carbons (Fsp3) is 0. The minimum Gasteiger partial charge on any atom is -0.355 e. The van der Waals surface area contributed by atoms with Crippen LogP contribution in [0.1, 0.15) is 0 Å². The Morgan fingerprint density at radius 2 is 1.67 bits per heavy atom. The summed E-state index contributed by atoms with van der Waals surface area (Å²) < 4.78 is 0. The van der Waals surface area contributed by atoms with Crippen LogP contribution in [0, 0.1) is 22.9 Å². The summed E-state index contributed by atoms with van der Waals surface area (Å²) in [6, 6.07) is 8.63. The van der Waals surface area contributed by atoms with Crippen molar-refractivity contribution >= 4 is 0 Å². The minimum atomic E-state index is 0.459. The Balaban J connectivity index is 2.66. The monoisotopic (exact) mass is 159 g/mol. The Hall–Kier alpha value is -2.20. The summed E-state index contributed by atoms with van der Waals surface area (Å²) in [6.07, 6.45) is 3.10. The van der Waals surface area contributed by atoms with Gasteiger partial charge in [0.15, 0.2) is 5.75 Å². The van der Waals surface area contributed by atoms with Gasteiger partial charge in [0.25, 0.3) is 0 Å². The second-order valence-electron chi connectivity index (χ2n) is 1.90. The van der Waals surface area contributed by atoms with E-state index < -0.39 is 0 Å². The molecule has 0 amide bonds. The molecule has 4 heteroatoms. The van der Waals surface area contributed by atoms with Gasteiger partial charge in [-0.25, -0.2) is 0 Å². The standard InChI is InChI=1S/C8H5N3O/c9-6-11(7-10)12-8-4-2-1-3-5-8/h1-5H. The van der Waals surface area contributed by atoms with Crippen LogP contribution in [0.4, 0.5) is 0 Å². The van der Waals surface area contributed by atoms with Crippen LogP contribution in [-0.4, -0.2) is 5.06 Å². The Morgan fingerprint density at radius 1 is 1.08 bits per heavy atom. The van der Waals surface area contributed by atoms with Gasteiger partial charge in [-0.05, 0) is 17.2 Å². The predicted octanol–water partition coefficient (Wildman–Crippen LogP) is 1.24. The van der Waals surface area contributed by atoms with E-state index in [0.717, 1.165) is 0 Å². The Bertz CT molecular complexity index is 308. The van der Waals surface area contributed by atoms with Crippen molar-refractivity contribution in [2.45, 2.75) is 0 Å². The van der Waals surface area contributed by atoms with E-state index >= 15 is 0 Å². The molecule has 58 valence electrons. The van der Waals surface area contributed by atoms with Crippen molar-refractivity contribution in [3.63, 3.8) is 0 Å². The Labute approximate surface area is 69.8 Å². The summed E-state index contributed by atoms with van der Waals surface area (Å²) in [7, 11) is 0. The largest absolute Gasteiger partial charge is 0.355 e. The highest BCUT2D eigenvalue weighted by atomic mass is 16.7. The van der Waals surface area contributed by atoms with Crippen LogP contribution in [0.15, 0.2) is 30.3 Å². The summed E-state index contributed by atoms with van der Waals surface area (Å²) in [6.45, 7) is 0. The molecule has 0 heterocycles. The highest BCUT2D eigenvalue weighted by molar-refractivity contribution is 5.21. The highest BCUT2D eigenvalue weighted by Crippen LogP contribution is 2.08. The Kier molecular flexibility index (Phi) is 2.53. The van der Waals surface area contributed by atoms with Crippen molar-refractivity contribution < 1.29 is 4.84 Å². The van der Waals surface area contributed by atoms with Gasteiger partial charge in [-0.3, -0.25) is 0 Å². The lowest BCUT2D eigenvalue weighted by molar-refractivity contribution is 0.0658. The maximum atomic E-state index is 8.32. The van der Waals surface area contributed by atoms with Crippen molar-refractivity contribution in [2.24, 2.45) is 0 Å². The zero-order valence-electron chi connectivity index (χ0n) is 6.14. The average Bonchev–Trinajstić information content (AvgIpc) is 2.16. The van der Waals surface area contributed by atoms with Gasteiger partial charge < -0.3 is 4.84 Å². The summed E-state index contributed by atoms with van der Waals surface area (Å²) in [4.78, 5) is 4.82. The van der Waals surface area contributed by atoms with Gasteiger partial charge in [0.05, 0.1) is 0 Å². The van der Waals surface area contributed by atoms with Gasteiger partial charge in [-0.15, -0.1) is 0 Å². The van der Waals surface area contributed by atoms with Crippen molar-refractivity contribution in [2.75, 3.05) is 0 Å². The maximum absolute atomic E-state index is 8.32. The lowest BCUT2D eigenvalue weighted by atomic mass is 10.3. The molecule has 0 unspecified atom stereocenters. The molecule has 0 aliphatic carbocycles. The van der Waals surface area contributed by atoms with Crippen LogP contribution in [-0.2, 0) is 0 Å². The second kappa shape index (κ2) is 3.85. The van der Waals surface area contributed by atoms with E-state index in [9.17, 15) is 0 Å². The summed E-state index contributed by atoms with van der Waals surface area (Å²) >= 11 is 0. The van der Waals surface area contributed by atoms with Gasteiger partial charge in [0.2, 0.25) is 12.4 Å². The van der Waals surface area contributed by atoms with E-state index in [1.807, 2.05) is 6.07 Å². The van der Waals surface area contributed by atoms with E-state index in [1.165, 1.54) is 0 Å². The van der Waals surface area contributed by atoms with Gasteiger partial charge in [0, 0.05) is 0 Å². The average molecular weight is 159 g/mol. The van der Waals surface area contributed by atoms with Crippen molar-refractivity contribution in [1.82, 2.24) is 5.06 Å². The second-order valence-corrected chi connectivity index (χ2v) is 1.90. The molecular formula is C8H5N3O. The molecule has 0 radical (unpaired) electrons. The SMILES string of the molecule is N#CN(C#N)Oc1ccccc1. The first-order valence-electron chi connectivity index (χ1n) is 3.19. The molecule has 0 fully saturated rings. The number of nitrogens with zero attached hydrogens (tertiary/aromatic N) is 3. The van der Waals surface area contributed by atoms with Crippen LogP contribution in [0.5, 0.6) is 5.75 Å². The molecular weight excluding hydrogens is 154 g/mol. The highest BCUT2D eigenvalue weighted by Gasteiger charge is 1.99. The first-order chi connectivity index (χ1) is 5.86. The molecule has 1 aromatic carbocycles. The first-order valence-corrected chi connectivity index (χ1v) is 3.19. The molecule has 4 nitrogen and oxygen atoms in total. The molecule has 1 aromatic rings. The molecule has 0 N–H and O–H groups in total. The molecule has 0 spiro atoms. The van der Waals surface area contributed by atoms with Gasteiger partial charge >= 0.3 is 0 Å². The zero-order chi connectivity index (χ0) is 8.81. The first kappa shape index (κ1) is 7.90. The molecule has 0 aromatic heterocycles. The van der Waals surface area contributed by atoms with E-state index in [4.69, 9.17) is 15.4 Å². The van der Waals surface area contributed by atoms with Gasteiger partial charge in [0.1, 0.15) is 0 Å². The van der Waals surface area contributed by atoms with E-state index in [1.54, 1.807) is 36.7 Å². The van der Waals surface area contributed by atoms with E-state index in [0.29, 0.717) is 10.8 Å². The number of para-hydroxylation sites is 1. The third-order valence-corrected chi connectivity index (χ3v) is 1.12. The number of benzene rings is 1. The fourth-order valence-corrected chi connectivity index (χ4v) is 0.650. The number of rotatable bonds is 2. The minimum absolute atomic E-state index is 0.459. The lowest BCUT2D eigenvalue weighted by Gasteiger charge is -2.05. The van der Waals surface area contributed by atoms with Gasteiger partial charge in [-0.1, -0.05) is 18.2 Å². The molecule has 0 saturated carbocycles. The topological polar surface area (TPSA) is 60.0 Å². The van der Waals surface area contributed by atoms with Crippen molar-refractivity contribution in [1.29, 1.82) is 10.5 Å². The quantitative estimate of drug-likeness (QED) is 0.370. The summed E-state index contributed by atoms with van der Waals surface area (Å²) in [5.41, 5.74) is 0. The van der Waals surface area contributed by atoms with E-state index in [-0.39, 0.29) is 0 Å². The third-order valence-electron chi connectivity index (χ3n) is 1.12. The van der Waals surface area contributed by atoms with E-state index in [2.05, 4.69) is 0 Å². The predicted molar refractivity (Wildman–Crippen MR) is 40.1 cm³/mol. The number of hydrogen-bond donors (Lipinski definition) is 0. The normalized spacial score (nSPS) is 7.83.